The smallest absolute Gasteiger partial charge is 0.250 e. The van der Waals surface area contributed by atoms with Gasteiger partial charge in [-0.3, -0.25) is 4.79 Å². The van der Waals surface area contributed by atoms with E-state index in [-0.39, 0.29) is 0 Å². The van der Waals surface area contributed by atoms with Crippen molar-refractivity contribution in [2.45, 2.75) is 18.8 Å². The largest absolute Gasteiger partial charge is 0.366 e. The van der Waals surface area contributed by atoms with Crippen LogP contribution in [0.25, 0.3) is 22.6 Å². The Bertz CT molecular complexity index is 862. The number of para-hydroxylation sites is 1. The molecule has 0 spiro atoms. The highest BCUT2D eigenvalue weighted by Crippen LogP contribution is 2.31. The summed E-state index contributed by atoms with van der Waals surface area (Å²) in [6, 6.07) is 5.38. The quantitative estimate of drug-likeness (QED) is 0.687. The van der Waals surface area contributed by atoms with Crippen molar-refractivity contribution in [1.82, 2.24) is 20.3 Å². The van der Waals surface area contributed by atoms with E-state index in [4.69, 9.17) is 10.7 Å². The van der Waals surface area contributed by atoms with Gasteiger partial charge in [0.1, 0.15) is 11.2 Å². The molecule has 1 aliphatic heterocycles. The Kier molecular flexibility index (Phi) is 3.59. The number of hydrogen-bond donors (Lipinski definition) is 3. The summed E-state index contributed by atoms with van der Waals surface area (Å²) in [6.07, 6.45) is 2.25. The van der Waals surface area contributed by atoms with Crippen LogP contribution in [0.5, 0.6) is 0 Å². The third kappa shape index (κ3) is 2.62. The van der Waals surface area contributed by atoms with Crippen LogP contribution in [0, 0.1) is 0 Å². The van der Waals surface area contributed by atoms with Crippen LogP contribution in [0.4, 0.5) is 0 Å². The van der Waals surface area contributed by atoms with Crippen molar-refractivity contribution in [1.29, 1.82) is 0 Å². The van der Waals surface area contributed by atoms with Gasteiger partial charge in [-0.1, -0.05) is 6.07 Å². The molecule has 0 unspecified atom stereocenters. The Balaban J connectivity index is 1.70. The van der Waals surface area contributed by atoms with E-state index in [0.29, 0.717) is 22.8 Å². The van der Waals surface area contributed by atoms with E-state index in [2.05, 4.69) is 15.3 Å². The Hall–Kier alpha value is -2.25. The van der Waals surface area contributed by atoms with Crippen LogP contribution >= 0.6 is 11.3 Å². The average molecular weight is 327 g/mol. The molecule has 1 saturated heterocycles. The van der Waals surface area contributed by atoms with Crippen molar-refractivity contribution in [3.05, 3.63) is 34.2 Å². The molecule has 1 fully saturated rings. The molecule has 4 N–H and O–H groups in total. The Labute approximate surface area is 137 Å². The number of hydrogen-bond acceptors (Lipinski definition) is 5. The first-order valence-electron chi connectivity index (χ1n) is 7.67. The number of aromatic amines is 1. The molecular formula is C16H17N5OS. The van der Waals surface area contributed by atoms with Crippen molar-refractivity contribution in [3.8, 4) is 11.5 Å². The van der Waals surface area contributed by atoms with Gasteiger partial charge in [-0.25, -0.2) is 9.97 Å². The van der Waals surface area contributed by atoms with Gasteiger partial charge in [0, 0.05) is 11.3 Å². The van der Waals surface area contributed by atoms with Crippen molar-refractivity contribution >= 4 is 28.3 Å². The number of nitrogens with two attached hydrogens (primary N) is 1. The van der Waals surface area contributed by atoms with Crippen molar-refractivity contribution in [2.24, 2.45) is 5.73 Å². The number of benzene rings is 1. The van der Waals surface area contributed by atoms with E-state index in [1.165, 1.54) is 0 Å². The number of thiazole rings is 1. The van der Waals surface area contributed by atoms with E-state index in [1.54, 1.807) is 23.5 Å². The number of imidazole rings is 1. The normalized spacial score (nSPS) is 16.0. The number of fused-ring (bicyclic) bond motifs is 1. The van der Waals surface area contributed by atoms with Gasteiger partial charge in [-0.15, -0.1) is 11.3 Å². The standard InChI is InChI=1S/C16H17N5OS/c17-14(22)10-2-1-3-11-13(10)21-15(19-11)12-8-23-16(20-12)9-4-6-18-7-5-9/h1-3,8-9,18H,4-7H2,(H2,17,22)(H,19,21). The molecule has 0 bridgehead atoms. The predicted molar refractivity (Wildman–Crippen MR) is 90.6 cm³/mol. The lowest BCUT2D eigenvalue weighted by Gasteiger charge is -2.20. The van der Waals surface area contributed by atoms with Crippen molar-refractivity contribution < 1.29 is 4.79 Å². The molecule has 2 aromatic heterocycles. The summed E-state index contributed by atoms with van der Waals surface area (Å²) in [5.41, 5.74) is 8.08. The lowest BCUT2D eigenvalue weighted by atomic mass is 9.99. The zero-order valence-electron chi connectivity index (χ0n) is 12.5. The van der Waals surface area contributed by atoms with Crippen molar-refractivity contribution in [3.63, 3.8) is 0 Å². The summed E-state index contributed by atoms with van der Waals surface area (Å²) in [6.45, 7) is 2.10. The highest BCUT2D eigenvalue weighted by Gasteiger charge is 2.20. The highest BCUT2D eigenvalue weighted by molar-refractivity contribution is 7.10. The molecule has 0 radical (unpaired) electrons. The van der Waals surface area contributed by atoms with Gasteiger partial charge in [0.15, 0.2) is 5.82 Å². The number of piperidine rings is 1. The van der Waals surface area contributed by atoms with Crippen LogP contribution in [-0.2, 0) is 0 Å². The van der Waals surface area contributed by atoms with Crippen molar-refractivity contribution in [2.75, 3.05) is 13.1 Å². The van der Waals surface area contributed by atoms with E-state index >= 15 is 0 Å². The van der Waals surface area contributed by atoms with E-state index in [9.17, 15) is 4.79 Å². The maximum atomic E-state index is 11.5. The summed E-state index contributed by atoms with van der Waals surface area (Å²) in [5, 5.41) is 6.56. The number of nitrogens with one attached hydrogen (secondary N) is 2. The molecule has 3 aromatic rings. The maximum absolute atomic E-state index is 11.5. The molecule has 4 rings (SSSR count). The monoisotopic (exact) mass is 327 g/mol. The number of primary amides is 1. The second-order valence-electron chi connectivity index (χ2n) is 5.75. The Morgan fingerprint density at radius 1 is 1.26 bits per heavy atom. The maximum Gasteiger partial charge on any atom is 0.250 e. The SMILES string of the molecule is NC(=O)c1cccc2[nH]c(-c3csc(C4CCNCC4)n3)nc12. The molecule has 0 atom stereocenters. The Morgan fingerprint density at radius 2 is 2.09 bits per heavy atom. The van der Waals surface area contributed by atoms with Crippen LogP contribution < -0.4 is 11.1 Å². The lowest BCUT2D eigenvalue weighted by molar-refractivity contribution is 0.100. The van der Waals surface area contributed by atoms with E-state index < -0.39 is 5.91 Å². The second kappa shape index (κ2) is 5.75. The number of aromatic nitrogens is 3. The molecule has 0 aliphatic carbocycles. The van der Waals surface area contributed by atoms with Crippen LogP contribution in [0.3, 0.4) is 0 Å². The van der Waals surface area contributed by atoms with Gasteiger partial charge in [0.2, 0.25) is 0 Å². The molecule has 3 heterocycles. The number of carbonyl (C=O) groups is 1. The van der Waals surface area contributed by atoms with Crippen LogP contribution in [0.2, 0.25) is 0 Å². The minimum absolute atomic E-state index is 0.429. The Morgan fingerprint density at radius 3 is 2.87 bits per heavy atom. The topological polar surface area (TPSA) is 96.7 Å². The summed E-state index contributed by atoms with van der Waals surface area (Å²) >= 11 is 1.68. The molecule has 7 heteroatoms. The van der Waals surface area contributed by atoms with Crippen LogP contribution in [0.15, 0.2) is 23.6 Å². The van der Waals surface area contributed by atoms with E-state index in [1.807, 2.05) is 11.4 Å². The lowest BCUT2D eigenvalue weighted by Crippen LogP contribution is -2.26. The fourth-order valence-corrected chi connectivity index (χ4v) is 3.98. The first-order chi connectivity index (χ1) is 11.2. The zero-order chi connectivity index (χ0) is 15.8. The average Bonchev–Trinajstić information content (AvgIpc) is 3.21. The minimum atomic E-state index is -0.470. The number of rotatable bonds is 3. The van der Waals surface area contributed by atoms with Gasteiger partial charge in [0.05, 0.1) is 16.1 Å². The molecule has 6 nitrogen and oxygen atoms in total. The number of nitrogens with zero attached hydrogens (tertiary/aromatic N) is 2. The number of H-pyrrole nitrogens is 1. The molecular weight excluding hydrogens is 310 g/mol. The molecule has 23 heavy (non-hydrogen) atoms. The van der Waals surface area contributed by atoms with E-state index in [0.717, 1.165) is 42.1 Å². The molecule has 0 saturated carbocycles. The molecule has 1 aromatic carbocycles. The first kappa shape index (κ1) is 14.3. The van der Waals surface area contributed by atoms with Gasteiger partial charge < -0.3 is 16.0 Å². The molecule has 1 amide bonds. The minimum Gasteiger partial charge on any atom is -0.366 e. The van der Waals surface area contributed by atoms with Crippen LogP contribution in [0.1, 0.15) is 34.1 Å². The number of amides is 1. The third-order valence-corrected chi connectivity index (χ3v) is 5.24. The predicted octanol–water partition coefficient (Wildman–Crippen LogP) is 2.25. The fourth-order valence-electron chi connectivity index (χ4n) is 3.01. The second-order valence-corrected chi connectivity index (χ2v) is 6.64. The van der Waals surface area contributed by atoms with Gasteiger partial charge in [-0.2, -0.15) is 0 Å². The van der Waals surface area contributed by atoms with Gasteiger partial charge in [-0.05, 0) is 38.1 Å². The van der Waals surface area contributed by atoms with Crippen LogP contribution in [-0.4, -0.2) is 33.9 Å². The summed E-state index contributed by atoms with van der Waals surface area (Å²) in [4.78, 5) is 24.0. The molecule has 118 valence electrons. The summed E-state index contributed by atoms with van der Waals surface area (Å²) in [7, 11) is 0. The van der Waals surface area contributed by atoms with Gasteiger partial charge >= 0.3 is 0 Å². The third-order valence-electron chi connectivity index (χ3n) is 4.23. The zero-order valence-corrected chi connectivity index (χ0v) is 13.3. The van der Waals surface area contributed by atoms with Gasteiger partial charge in [0.25, 0.3) is 5.91 Å². The molecule has 1 aliphatic rings. The summed E-state index contributed by atoms with van der Waals surface area (Å²) in [5.74, 6) is 0.744. The summed E-state index contributed by atoms with van der Waals surface area (Å²) < 4.78 is 0. The number of carbonyl (C=O) groups excluding carboxylic acids is 1. The highest BCUT2D eigenvalue weighted by atomic mass is 32.1. The first-order valence-corrected chi connectivity index (χ1v) is 8.55. The fraction of sp³-hybridized carbons (Fsp3) is 0.312.